The van der Waals surface area contributed by atoms with Gasteiger partial charge in [-0.2, -0.15) is 0 Å². The van der Waals surface area contributed by atoms with Gasteiger partial charge in [0.2, 0.25) is 0 Å². The second kappa shape index (κ2) is 7.40. The quantitative estimate of drug-likeness (QED) is 0.480. The Labute approximate surface area is 89.5 Å². The standard InChI is InChI=1S/C10H26N2OSi/c1-10(2)13-14(3,4)9-5-7-12-8-6-11/h10,12H,5-9,11H2,1-4H3. The van der Waals surface area contributed by atoms with Crippen molar-refractivity contribution in [2.75, 3.05) is 19.6 Å². The minimum absolute atomic E-state index is 0.369. The molecule has 0 heterocycles. The van der Waals surface area contributed by atoms with Crippen LogP contribution in [0.15, 0.2) is 0 Å². The van der Waals surface area contributed by atoms with Gasteiger partial charge in [0.15, 0.2) is 8.32 Å². The Morgan fingerprint density at radius 3 is 2.43 bits per heavy atom. The molecule has 3 nitrogen and oxygen atoms in total. The van der Waals surface area contributed by atoms with Crippen LogP contribution in [0.1, 0.15) is 20.3 Å². The van der Waals surface area contributed by atoms with E-state index in [0.717, 1.165) is 19.6 Å². The normalized spacial score (nSPS) is 12.4. The maximum Gasteiger partial charge on any atom is 0.187 e. The van der Waals surface area contributed by atoms with Gasteiger partial charge in [-0.3, -0.25) is 0 Å². The van der Waals surface area contributed by atoms with Gasteiger partial charge in [0.25, 0.3) is 0 Å². The van der Waals surface area contributed by atoms with Crippen molar-refractivity contribution in [2.24, 2.45) is 5.73 Å². The molecule has 4 heteroatoms. The minimum atomic E-state index is -1.40. The monoisotopic (exact) mass is 218 g/mol. The average Bonchev–Trinajstić information content (AvgIpc) is 2.01. The number of hydrogen-bond acceptors (Lipinski definition) is 3. The van der Waals surface area contributed by atoms with Gasteiger partial charge in [-0.15, -0.1) is 0 Å². The van der Waals surface area contributed by atoms with E-state index in [0.29, 0.717) is 6.10 Å². The van der Waals surface area contributed by atoms with Crippen LogP contribution < -0.4 is 11.1 Å². The van der Waals surface area contributed by atoms with Crippen LogP contribution in [0.2, 0.25) is 19.1 Å². The Morgan fingerprint density at radius 2 is 1.93 bits per heavy atom. The first kappa shape index (κ1) is 14.1. The zero-order valence-corrected chi connectivity index (χ0v) is 11.1. The van der Waals surface area contributed by atoms with E-state index in [4.69, 9.17) is 10.2 Å². The molecule has 0 saturated heterocycles. The SMILES string of the molecule is CC(C)O[Si](C)(C)CCCNCCN. The van der Waals surface area contributed by atoms with Crippen LogP contribution in [-0.2, 0) is 4.43 Å². The third-order valence-corrected chi connectivity index (χ3v) is 4.68. The molecule has 0 aliphatic rings. The van der Waals surface area contributed by atoms with E-state index in [-0.39, 0.29) is 0 Å². The van der Waals surface area contributed by atoms with Gasteiger partial charge in [-0.05, 0) is 46.0 Å². The highest BCUT2D eigenvalue weighted by atomic mass is 28.4. The van der Waals surface area contributed by atoms with E-state index < -0.39 is 8.32 Å². The second-order valence-electron chi connectivity index (χ2n) is 4.57. The molecule has 3 N–H and O–H groups in total. The summed E-state index contributed by atoms with van der Waals surface area (Å²) in [6.45, 7) is 11.5. The summed E-state index contributed by atoms with van der Waals surface area (Å²) in [5.74, 6) is 0. The third-order valence-electron chi connectivity index (χ3n) is 2.01. The van der Waals surface area contributed by atoms with Crippen molar-refractivity contribution in [3.63, 3.8) is 0 Å². The molecule has 0 aliphatic carbocycles. The Morgan fingerprint density at radius 1 is 1.29 bits per heavy atom. The molecule has 0 aromatic heterocycles. The van der Waals surface area contributed by atoms with Crippen LogP contribution in [-0.4, -0.2) is 34.1 Å². The molecule has 0 fully saturated rings. The van der Waals surface area contributed by atoms with Crippen molar-refractivity contribution < 1.29 is 4.43 Å². The van der Waals surface area contributed by atoms with E-state index in [1.54, 1.807) is 0 Å². The molecule has 0 aromatic rings. The van der Waals surface area contributed by atoms with Crippen molar-refractivity contribution in [1.29, 1.82) is 0 Å². The predicted octanol–water partition coefficient (Wildman–Crippen LogP) is 1.55. The zero-order valence-electron chi connectivity index (χ0n) is 10.1. The lowest BCUT2D eigenvalue weighted by Crippen LogP contribution is -2.34. The number of nitrogens with one attached hydrogen (secondary N) is 1. The van der Waals surface area contributed by atoms with Crippen molar-refractivity contribution in [3.8, 4) is 0 Å². The highest BCUT2D eigenvalue weighted by molar-refractivity contribution is 6.71. The van der Waals surface area contributed by atoms with Crippen LogP contribution in [0.25, 0.3) is 0 Å². The lowest BCUT2D eigenvalue weighted by molar-refractivity contribution is 0.231. The summed E-state index contributed by atoms with van der Waals surface area (Å²) in [5.41, 5.74) is 5.38. The van der Waals surface area contributed by atoms with E-state index in [2.05, 4.69) is 32.3 Å². The smallest absolute Gasteiger partial charge is 0.187 e. The van der Waals surface area contributed by atoms with E-state index >= 15 is 0 Å². The lowest BCUT2D eigenvalue weighted by Gasteiger charge is -2.25. The molecule has 0 radical (unpaired) electrons. The van der Waals surface area contributed by atoms with Gasteiger partial charge in [0.05, 0.1) is 0 Å². The summed E-state index contributed by atoms with van der Waals surface area (Å²) < 4.78 is 5.93. The van der Waals surface area contributed by atoms with Crippen LogP contribution in [0, 0.1) is 0 Å². The first-order valence-electron chi connectivity index (χ1n) is 5.56. The van der Waals surface area contributed by atoms with Crippen molar-refractivity contribution in [1.82, 2.24) is 5.32 Å². The number of hydrogen-bond donors (Lipinski definition) is 2. The molecule has 0 spiro atoms. The molecule has 0 aliphatic heterocycles. The predicted molar refractivity (Wildman–Crippen MR) is 65.1 cm³/mol. The zero-order chi connectivity index (χ0) is 11.0. The van der Waals surface area contributed by atoms with Gasteiger partial charge >= 0.3 is 0 Å². The molecular weight excluding hydrogens is 192 g/mol. The van der Waals surface area contributed by atoms with Gasteiger partial charge in [-0.25, -0.2) is 0 Å². The fourth-order valence-corrected chi connectivity index (χ4v) is 3.99. The van der Waals surface area contributed by atoms with E-state index in [1.807, 2.05) is 0 Å². The molecule has 0 rings (SSSR count). The van der Waals surface area contributed by atoms with Crippen molar-refractivity contribution >= 4 is 8.32 Å². The van der Waals surface area contributed by atoms with Gasteiger partial charge in [0.1, 0.15) is 0 Å². The maximum atomic E-state index is 5.93. The maximum absolute atomic E-state index is 5.93. The Kier molecular flexibility index (Phi) is 7.45. The fourth-order valence-electron chi connectivity index (χ4n) is 1.56. The van der Waals surface area contributed by atoms with E-state index in [9.17, 15) is 0 Å². The van der Waals surface area contributed by atoms with Gasteiger partial charge in [-0.1, -0.05) is 0 Å². The molecule has 0 saturated carbocycles. The summed E-state index contributed by atoms with van der Waals surface area (Å²) in [5, 5.41) is 3.30. The summed E-state index contributed by atoms with van der Waals surface area (Å²) in [7, 11) is -1.40. The second-order valence-corrected chi connectivity index (χ2v) is 8.82. The third kappa shape index (κ3) is 8.68. The van der Waals surface area contributed by atoms with Crippen LogP contribution >= 0.6 is 0 Å². The van der Waals surface area contributed by atoms with Crippen molar-refractivity contribution in [3.05, 3.63) is 0 Å². The first-order valence-corrected chi connectivity index (χ1v) is 8.68. The van der Waals surface area contributed by atoms with Crippen LogP contribution in [0.5, 0.6) is 0 Å². The molecule has 86 valence electrons. The van der Waals surface area contributed by atoms with Crippen LogP contribution in [0.3, 0.4) is 0 Å². The minimum Gasteiger partial charge on any atom is -0.415 e. The summed E-state index contributed by atoms with van der Waals surface area (Å²) >= 11 is 0. The summed E-state index contributed by atoms with van der Waals surface area (Å²) in [6.07, 6.45) is 1.57. The van der Waals surface area contributed by atoms with E-state index in [1.165, 1.54) is 12.5 Å². The Balaban J connectivity index is 3.45. The highest BCUT2D eigenvalue weighted by Gasteiger charge is 2.22. The average molecular weight is 218 g/mol. The number of rotatable bonds is 8. The largest absolute Gasteiger partial charge is 0.415 e. The summed E-state index contributed by atoms with van der Waals surface area (Å²) in [6, 6.07) is 1.22. The van der Waals surface area contributed by atoms with Crippen LogP contribution in [0.4, 0.5) is 0 Å². The highest BCUT2D eigenvalue weighted by Crippen LogP contribution is 2.15. The molecule has 0 unspecified atom stereocenters. The summed E-state index contributed by atoms with van der Waals surface area (Å²) in [4.78, 5) is 0. The molecule has 0 atom stereocenters. The van der Waals surface area contributed by atoms with Crippen molar-refractivity contribution in [2.45, 2.75) is 45.5 Å². The fraction of sp³-hybridized carbons (Fsp3) is 1.00. The molecule has 14 heavy (non-hydrogen) atoms. The Bertz CT molecular complexity index is 140. The number of nitrogens with two attached hydrogens (primary N) is 1. The van der Waals surface area contributed by atoms with Gasteiger partial charge < -0.3 is 15.5 Å². The first-order chi connectivity index (χ1) is 6.48. The molecule has 0 amide bonds. The Hall–Kier alpha value is 0.0969. The molecular formula is C10H26N2OSi. The lowest BCUT2D eigenvalue weighted by atomic mass is 10.5. The topological polar surface area (TPSA) is 47.3 Å². The van der Waals surface area contributed by atoms with Gasteiger partial charge in [0, 0.05) is 19.2 Å². The molecule has 0 bridgehead atoms. The molecule has 0 aromatic carbocycles.